The number of nitrogens with two attached hydrogens (primary N) is 1. The van der Waals surface area contributed by atoms with Crippen LogP contribution < -0.4 is 5.73 Å². The Labute approximate surface area is 163 Å². The van der Waals surface area contributed by atoms with Crippen molar-refractivity contribution in [2.45, 2.75) is 19.3 Å². The second kappa shape index (κ2) is 7.65. The maximum atomic E-state index is 6.07. The van der Waals surface area contributed by atoms with E-state index in [9.17, 15) is 0 Å². The van der Waals surface area contributed by atoms with Gasteiger partial charge in [-0.15, -0.1) is 17.3 Å². The minimum Gasteiger partial charge on any atom is -0.399 e. The molecule has 4 rings (SSSR count). The molecule has 0 aliphatic rings. The molecule has 4 aromatic rings. The van der Waals surface area contributed by atoms with E-state index in [1.807, 2.05) is 31.2 Å². The van der Waals surface area contributed by atoms with Gasteiger partial charge in [-0.2, -0.15) is 0 Å². The molecule has 1 aromatic heterocycles. The first-order chi connectivity index (χ1) is 13.2. The van der Waals surface area contributed by atoms with Crippen molar-refractivity contribution in [1.29, 1.82) is 0 Å². The number of hydrogen-bond acceptors (Lipinski definition) is 3. The molecule has 1 heterocycles. The van der Waals surface area contributed by atoms with Gasteiger partial charge in [-0.25, -0.2) is 4.98 Å². The first kappa shape index (κ1) is 17.3. The van der Waals surface area contributed by atoms with Crippen molar-refractivity contribution >= 4 is 27.2 Å². The average Bonchev–Trinajstić information content (AvgIpc) is 3.10. The second-order valence-corrected chi connectivity index (χ2v) is 7.58. The molecule has 0 amide bonds. The van der Waals surface area contributed by atoms with Crippen molar-refractivity contribution in [2.24, 2.45) is 0 Å². The van der Waals surface area contributed by atoms with Crippen molar-refractivity contribution < 1.29 is 0 Å². The van der Waals surface area contributed by atoms with E-state index < -0.39 is 0 Å². The van der Waals surface area contributed by atoms with Crippen LogP contribution in [0.3, 0.4) is 0 Å². The highest BCUT2D eigenvalue weighted by molar-refractivity contribution is 7.18. The standard InChI is InChI=1S/C24H20N2S/c1-2-7-17-8-5-9-18(14-17)15-21(19-10-6-11-20(25)16-19)24-26-22-12-3-4-13-23(22)27-24/h3-6,8-14,16,21H,15,25H2,1H3. The van der Waals surface area contributed by atoms with Crippen molar-refractivity contribution in [3.8, 4) is 11.8 Å². The van der Waals surface area contributed by atoms with Crippen molar-refractivity contribution in [2.75, 3.05) is 5.73 Å². The van der Waals surface area contributed by atoms with Gasteiger partial charge in [0.05, 0.1) is 10.2 Å². The van der Waals surface area contributed by atoms with Gasteiger partial charge in [0, 0.05) is 17.2 Å². The SMILES string of the molecule is CC#Cc1cccc(CC(c2cccc(N)c2)c2nc3ccccc3s2)c1. The Balaban J connectivity index is 1.78. The van der Waals surface area contributed by atoms with Crippen LogP contribution in [0.15, 0.2) is 72.8 Å². The molecule has 0 aliphatic heterocycles. The highest BCUT2D eigenvalue weighted by Crippen LogP contribution is 2.35. The number of benzene rings is 3. The van der Waals surface area contributed by atoms with E-state index in [-0.39, 0.29) is 5.92 Å². The summed E-state index contributed by atoms with van der Waals surface area (Å²) in [6.07, 6.45) is 0.864. The number of nitrogens with zero attached hydrogens (tertiary/aromatic N) is 1. The summed E-state index contributed by atoms with van der Waals surface area (Å²) in [6.45, 7) is 1.86. The monoisotopic (exact) mass is 368 g/mol. The Morgan fingerprint density at radius 3 is 2.67 bits per heavy atom. The summed E-state index contributed by atoms with van der Waals surface area (Å²) in [5.41, 5.74) is 11.4. The van der Waals surface area contributed by atoms with Crippen LogP contribution in [-0.4, -0.2) is 4.98 Å². The van der Waals surface area contributed by atoms with Crippen LogP contribution in [0.2, 0.25) is 0 Å². The quantitative estimate of drug-likeness (QED) is 0.375. The van der Waals surface area contributed by atoms with Crippen LogP contribution >= 0.6 is 11.3 Å². The molecule has 0 aliphatic carbocycles. The van der Waals surface area contributed by atoms with E-state index in [2.05, 4.69) is 60.4 Å². The molecule has 3 aromatic carbocycles. The third kappa shape index (κ3) is 3.86. The number of anilines is 1. The molecule has 0 bridgehead atoms. The van der Waals surface area contributed by atoms with Gasteiger partial charge in [0.15, 0.2) is 0 Å². The highest BCUT2D eigenvalue weighted by Gasteiger charge is 2.19. The lowest BCUT2D eigenvalue weighted by Crippen LogP contribution is -2.05. The molecule has 0 fully saturated rings. The molecule has 1 unspecified atom stereocenters. The molecule has 2 N–H and O–H groups in total. The molecule has 0 saturated heterocycles. The summed E-state index contributed by atoms with van der Waals surface area (Å²) in [5.74, 6) is 6.29. The summed E-state index contributed by atoms with van der Waals surface area (Å²) >= 11 is 1.76. The number of aromatic nitrogens is 1. The van der Waals surface area contributed by atoms with E-state index in [1.54, 1.807) is 11.3 Å². The maximum Gasteiger partial charge on any atom is 0.102 e. The van der Waals surface area contributed by atoms with Gasteiger partial charge in [0.25, 0.3) is 0 Å². The summed E-state index contributed by atoms with van der Waals surface area (Å²) in [4.78, 5) is 4.92. The fourth-order valence-electron chi connectivity index (χ4n) is 3.32. The number of thiazole rings is 1. The molecule has 0 saturated carbocycles. The van der Waals surface area contributed by atoms with Crippen LogP contribution in [0.5, 0.6) is 0 Å². The first-order valence-corrected chi connectivity index (χ1v) is 9.77. The van der Waals surface area contributed by atoms with Gasteiger partial charge in [0.2, 0.25) is 0 Å². The Kier molecular flexibility index (Phi) is 4.91. The Hall–Kier alpha value is -3.09. The second-order valence-electron chi connectivity index (χ2n) is 6.52. The Bertz CT molecular complexity index is 1110. The number of hydrogen-bond donors (Lipinski definition) is 1. The highest BCUT2D eigenvalue weighted by atomic mass is 32.1. The minimum atomic E-state index is 0.163. The summed E-state index contributed by atoms with van der Waals surface area (Å²) in [6, 6.07) is 24.9. The Morgan fingerprint density at radius 1 is 1.00 bits per heavy atom. The zero-order chi connectivity index (χ0) is 18.6. The topological polar surface area (TPSA) is 38.9 Å². The normalized spacial score (nSPS) is 11.7. The van der Waals surface area contributed by atoms with E-state index in [0.29, 0.717) is 0 Å². The zero-order valence-electron chi connectivity index (χ0n) is 15.1. The number of para-hydroxylation sites is 1. The molecule has 0 spiro atoms. The van der Waals surface area contributed by atoms with Crippen molar-refractivity contribution in [1.82, 2.24) is 4.98 Å². The van der Waals surface area contributed by atoms with Gasteiger partial charge in [-0.1, -0.05) is 42.3 Å². The average molecular weight is 369 g/mol. The summed E-state index contributed by atoms with van der Waals surface area (Å²) in [5, 5.41) is 1.12. The van der Waals surface area contributed by atoms with E-state index in [0.717, 1.165) is 28.2 Å². The van der Waals surface area contributed by atoms with E-state index >= 15 is 0 Å². The van der Waals surface area contributed by atoms with E-state index in [1.165, 1.54) is 15.8 Å². The van der Waals surface area contributed by atoms with Crippen LogP contribution in [0.4, 0.5) is 5.69 Å². The van der Waals surface area contributed by atoms with Gasteiger partial charge in [-0.05, 0) is 60.9 Å². The molecule has 27 heavy (non-hydrogen) atoms. The third-order valence-electron chi connectivity index (χ3n) is 4.56. The molecular weight excluding hydrogens is 348 g/mol. The number of nitrogen functional groups attached to an aromatic ring is 1. The number of fused-ring (bicyclic) bond motifs is 1. The van der Waals surface area contributed by atoms with Crippen LogP contribution in [0.1, 0.15) is 34.5 Å². The molecule has 2 nitrogen and oxygen atoms in total. The summed E-state index contributed by atoms with van der Waals surface area (Å²) < 4.78 is 1.21. The maximum absolute atomic E-state index is 6.07. The lowest BCUT2D eigenvalue weighted by Gasteiger charge is -2.16. The zero-order valence-corrected chi connectivity index (χ0v) is 16.0. The smallest absolute Gasteiger partial charge is 0.102 e. The van der Waals surface area contributed by atoms with Crippen molar-refractivity contribution in [3.05, 3.63) is 94.5 Å². The molecule has 3 heteroatoms. The minimum absolute atomic E-state index is 0.163. The number of rotatable bonds is 4. The van der Waals surface area contributed by atoms with Crippen LogP contribution in [0.25, 0.3) is 10.2 Å². The Morgan fingerprint density at radius 2 is 1.85 bits per heavy atom. The fraction of sp³-hybridized carbons (Fsp3) is 0.125. The lowest BCUT2D eigenvalue weighted by molar-refractivity contribution is 0.799. The lowest BCUT2D eigenvalue weighted by atomic mass is 9.91. The first-order valence-electron chi connectivity index (χ1n) is 8.95. The largest absolute Gasteiger partial charge is 0.399 e. The molecule has 0 radical (unpaired) electrons. The molecule has 1 atom stereocenters. The van der Waals surface area contributed by atoms with Gasteiger partial charge >= 0.3 is 0 Å². The van der Waals surface area contributed by atoms with Gasteiger partial charge < -0.3 is 5.73 Å². The van der Waals surface area contributed by atoms with Crippen molar-refractivity contribution in [3.63, 3.8) is 0 Å². The predicted molar refractivity (Wildman–Crippen MR) is 115 cm³/mol. The third-order valence-corrected chi connectivity index (χ3v) is 5.71. The fourth-order valence-corrected chi connectivity index (χ4v) is 4.41. The predicted octanol–water partition coefficient (Wildman–Crippen LogP) is 5.62. The van der Waals surface area contributed by atoms with E-state index in [4.69, 9.17) is 10.7 Å². The molecule has 132 valence electrons. The van der Waals surface area contributed by atoms with Gasteiger partial charge in [0.1, 0.15) is 5.01 Å². The van der Waals surface area contributed by atoms with Crippen LogP contribution in [0, 0.1) is 11.8 Å². The summed E-state index contributed by atoms with van der Waals surface area (Å²) in [7, 11) is 0. The van der Waals surface area contributed by atoms with Gasteiger partial charge in [-0.3, -0.25) is 0 Å². The molecular formula is C24H20N2S. The van der Waals surface area contributed by atoms with Crippen LogP contribution in [-0.2, 0) is 6.42 Å².